The minimum Gasteiger partial charge on any atom is -0.341 e. The maximum absolute atomic E-state index is 12.4. The van der Waals surface area contributed by atoms with Crippen LogP contribution in [0.1, 0.15) is 22.8 Å². The van der Waals surface area contributed by atoms with Gasteiger partial charge in [-0.15, -0.1) is 0 Å². The van der Waals surface area contributed by atoms with E-state index >= 15 is 0 Å². The molecule has 120 valence electrons. The Kier molecular flexibility index (Phi) is 5.93. The summed E-state index contributed by atoms with van der Waals surface area (Å²) in [5.41, 5.74) is 1.56. The zero-order valence-corrected chi connectivity index (χ0v) is 14.7. The van der Waals surface area contributed by atoms with E-state index in [0.717, 1.165) is 10.0 Å². The normalized spacial score (nSPS) is 11.6. The number of rotatable bonds is 5. The van der Waals surface area contributed by atoms with Crippen molar-refractivity contribution in [2.45, 2.75) is 19.5 Å². The molecule has 1 unspecified atom stereocenters. The van der Waals surface area contributed by atoms with E-state index in [4.69, 9.17) is 0 Å². The summed E-state index contributed by atoms with van der Waals surface area (Å²) in [5.74, 6) is -0.384. The molecule has 5 heteroatoms. The van der Waals surface area contributed by atoms with E-state index in [2.05, 4.69) is 21.2 Å². The van der Waals surface area contributed by atoms with E-state index < -0.39 is 6.04 Å². The van der Waals surface area contributed by atoms with Gasteiger partial charge in [0.05, 0.1) is 0 Å². The van der Waals surface area contributed by atoms with Crippen LogP contribution >= 0.6 is 15.9 Å². The third-order valence-electron chi connectivity index (χ3n) is 3.50. The molecule has 1 atom stereocenters. The molecule has 0 saturated carbocycles. The lowest BCUT2D eigenvalue weighted by atomic mass is 10.2. The van der Waals surface area contributed by atoms with Gasteiger partial charge in [0.1, 0.15) is 6.04 Å². The first-order valence-electron chi connectivity index (χ1n) is 7.33. The summed E-state index contributed by atoms with van der Waals surface area (Å²) in [6, 6.07) is 16.0. The molecule has 0 saturated heterocycles. The SMILES string of the molecule is CC(NC(=O)c1ccccc1)C(=O)N(C)Cc1ccccc1Br. The Morgan fingerprint density at radius 3 is 2.35 bits per heavy atom. The summed E-state index contributed by atoms with van der Waals surface area (Å²) in [6.07, 6.45) is 0. The third kappa shape index (κ3) is 4.66. The van der Waals surface area contributed by atoms with Gasteiger partial charge in [0.15, 0.2) is 0 Å². The topological polar surface area (TPSA) is 49.4 Å². The molecule has 0 spiro atoms. The number of carbonyl (C=O) groups is 2. The number of halogens is 1. The van der Waals surface area contributed by atoms with Crippen LogP contribution in [0.25, 0.3) is 0 Å². The number of hydrogen-bond donors (Lipinski definition) is 1. The van der Waals surface area contributed by atoms with Gasteiger partial charge in [0.2, 0.25) is 5.91 Å². The Hall–Kier alpha value is -2.14. The molecule has 0 bridgehead atoms. The second kappa shape index (κ2) is 7.92. The van der Waals surface area contributed by atoms with Crippen molar-refractivity contribution in [1.29, 1.82) is 0 Å². The van der Waals surface area contributed by atoms with E-state index in [1.807, 2.05) is 30.3 Å². The molecule has 0 heterocycles. The van der Waals surface area contributed by atoms with Crippen molar-refractivity contribution in [2.24, 2.45) is 0 Å². The van der Waals surface area contributed by atoms with Gasteiger partial charge in [-0.2, -0.15) is 0 Å². The number of likely N-dealkylation sites (N-methyl/N-ethyl adjacent to an activating group) is 1. The van der Waals surface area contributed by atoms with Gasteiger partial charge in [-0.25, -0.2) is 0 Å². The van der Waals surface area contributed by atoms with Crippen LogP contribution < -0.4 is 5.32 Å². The zero-order valence-electron chi connectivity index (χ0n) is 13.1. The highest BCUT2D eigenvalue weighted by molar-refractivity contribution is 9.10. The number of benzene rings is 2. The summed E-state index contributed by atoms with van der Waals surface area (Å²) in [5, 5.41) is 2.74. The third-order valence-corrected chi connectivity index (χ3v) is 4.27. The molecule has 0 aliphatic rings. The molecule has 0 fully saturated rings. The lowest BCUT2D eigenvalue weighted by Gasteiger charge is -2.22. The Morgan fingerprint density at radius 1 is 1.09 bits per heavy atom. The van der Waals surface area contributed by atoms with Crippen molar-refractivity contribution in [1.82, 2.24) is 10.2 Å². The summed E-state index contributed by atoms with van der Waals surface area (Å²) < 4.78 is 0.959. The first-order chi connectivity index (χ1) is 11.0. The average molecular weight is 375 g/mol. The molecular formula is C18H19BrN2O2. The van der Waals surface area contributed by atoms with Crippen molar-refractivity contribution < 1.29 is 9.59 Å². The van der Waals surface area contributed by atoms with Gasteiger partial charge in [0, 0.05) is 23.6 Å². The molecule has 0 radical (unpaired) electrons. The second-order valence-corrected chi connectivity index (χ2v) is 6.20. The largest absolute Gasteiger partial charge is 0.341 e. The lowest BCUT2D eigenvalue weighted by Crippen LogP contribution is -2.45. The first kappa shape index (κ1) is 17.2. The van der Waals surface area contributed by atoms with E-state index in [0.29, 0.717) is 12.1 Å². The van der Waals surface area contributed by atoms with E-state index in [1.165, 1.54) is 0 Å². The molecule has 2 rings (SSSR count). The van der Waals surface area contributed by atoms with Crippen molar-refractivity contribution in [3.63, 3.8) is 0 Å². The van der Waals surface area contributed by atoms with Crippen LogP contribution in [0.4, 0.5) is 0 Å². The van der Waals surface area contributed by atoms with E-state index in [1.54, 1.807) is 43.1 Å². The smallest absolute Gasteiger partial charge is 0.251 e. The van der Waals surface area contributed by atoms with Gasteiger partial charge in [-0.05, 0) is 30.7 Å². The van der Waals surface area contributed by atoms with Crippen molar-refractivity contribution in [2.75, 3.05) is 7.05 Å². The molecule has 2 amide bonds. The second-order valence-electron chi connectivity index (χ2n) is 5.35. The Bertz CT molecular complexity index is 688. The standard InChI is InChI=1S/C18H19BrN2O2/c1-13(20-17(22)14-8-4-3-5-9-14)18(23)21(2)12-15-10-6-7-11-16(15)19/h3-11,13H,12H2,1-2H3,(H,20,22). The molecule has 4 nitrogen and oxygen atoms in total. The maximum Gasteiger partial charge on any atom is 0.251 e. The Morgan fingerprint density at radius 2 is 1.70 bits per heavy atom. The number of carbonyl (C=O) groups excluding carboxylic acids is 2. The number of amides is 2. The van der Waals surface area contributed by atoms with Crippen LogP contribution in [0.2, 0.25) is 0 Å². The van der Waals surface area contributed by atoms with Crippen molar-refractivity contribution in [3.05, 3.63) is 70.2 Å². The maximum atomic E-state index is 12.4. The van der Waals surface area contributed by atoms with Gasteiger partial charge >= 0.3 is 0 Å². The van der Waals surface area contributed by atoms with Gasteiger partial charge in [-0.3, -0.25) is 9.59 Å². The van der Waals surface area contributed by atoms with Gasteiger partial charge < -0.3 is 10.2 Å². The molecule has 0 aliphatic heterocycles. The number of nitrogens with one attached hydrogen (secondary N) is 1. The van der Waals surface area contributed by atoms with Crippen LogP contribution in [0, 0.1) is 0 Å². The first-order valence-corrected chi connectivity index (χ1v) is 8.12. The van der Waals surface area contributed by atoms with Crippen LogP contribution in [-0.4, -0.2) is 29.8 Å². The predicted octanol–water partition coefficient (Wildman–Crippen LogP) is 3.23. The minimum atomic E-state index is -0.588. The Labute approximate surface area is 144 Å². The molecule has 0 aliphatic carbocycles. The van der Waals surface area contributed by atoms with Crippen LogP contribution in [0.5, 0.6) is 0 Å². The van der Waals surface area contributed by atoms with Crippen molar-refractivity contribution in [3.8, 4) is 0 Å². The van der Waals surface area contributed by atoms with Crippen molar-refractivity contribution >= 4 is 27.7 Å². The molecule has 0 aromatic heterocycles. The molecule has 1 N–H and O–H groups in total. The monoisotopic (exact) mass is 374 g/mol. The molecule has 23 heavy (non-hydrogen) atoms. The Balaban J connectivity index is 1.96. The molecule has 2 aromatic carbocycles. The zero-order chi connectivity index (χ0) is 16.8. The summed E-state index contributed by atoms with van der Waals surface area (Å²) in [6.45, 7) is 2.17. The van der Waals surface area contributed by atoms with E-state index in [-0.39, 0.29) is 11.8 Å². The average Bonchev–Trinajstić information content (AvgIpc) is 2.56. The molecule has 2 aromatic rings. The highest BCUT2D eigenvalue weighted by Crippen LogP contribution is 2.17. The van der Waals surface area contributed by atoms with Crippen LogP contribution in [-0.2, 0) is 11.3 Å². The quantitative estimate of drug-likeness (QED) is 0.873. The van der Waals surface area contributed by atoms with Crippen LogP contribution in [0.15, 0.2) is 59.1 Å². The molecular weight excluding hydrogens is 356 g/mol. The van der Waals surface area contributed by atoms with Gasteiger partial charge in [-0.1, -0.05) is 52.3 Å². The number of nitrogens with zero attached hydrogens (tertiary/aromatic N) is 1. The van der Waals surface area contributed by atoms with Crippen LogP contribution in [0.3, 0.4) is 0 Å². The summed E-state index contributed by atoms with van der Waals surface area (Å²) in [4.78, 5) is 26.1. The fraction of sp³-hybridized carbons (Fsp3) is 0.222. The highest BCUT2D eigenvalue weighted by Gasteiger charge is 2.20. The summed E-state index contributed by atoms with van der Waals surface area (Å²) in [7, 11) is 1.73. The van der Waals surface area contributed by atoms with E-state index in [9.17, 15) is 9.59 Å². The highest BCUT2D eigenvalue weighted by atomic mass is 79.9. The van der Waals surface area contributed by atoms with Gasteiger partial charge in [0.25, 0.3) is 5.91 Å². The summed E-state index contributed by atoms with van der Waals surface area (Å²) >= 11 is 3.47. The fourth-order valence-electron chi connectivity index (χ4n) is 2.22. The fourth-order valence-corrected chi connectivity index (χ4v) is 2.63. The number of hydrogen-bond acceptors (Lipinski definition) is 2. The minimum absolute atomic E-state index is 0.134. The predicted molar refractivity (Wildman–Crippen MR) is 94.0 cm³/mol. The lowest BCUT2D eigenvalue weighted by molar-refractivity contribution is -0.132.